The van der Waals surface area contributed by atoms with Crippen molar-refractivity contribution in [2.45, 2.75) is 38.8 Å². The maximum Gasteiger partial charge on any atom is 0.158 e. The van der Waals surface area contributed by atoms with Gasteiger partial charge < -0.3 is 15.2 Å². The second kappa shape index (κ2) is 6.62. The highest BCUT2D eigenvalue weighted by Crippen LogP contribution is 2.40. The number of pyridine rings is 1. The second-order valence-electron chi connectivity index (χ2n) is 7.58. The molecular formula is C20H21ClN4O2. The standard InChI is InChI=1S/C20H21ClN4O2/c1-11-6-15(21)17(16(26)7-11)18-13-4-5-22-9-14(13)19(25-24-18)23-12-8-20(2,3)27-10-12/h4-7,9,12,26H,8,10H2,1-3H3,(H,23,25)/t12-/m1/s1. The van der Waals surface area contributed by atoms with Crippen molar-refractivity contribution in [2.75, 3.05) is 11.9 Å². The molecule has 1 fully saturated rings. The number of rotatable bonds is 3. The Morgan fingerprint density at radius 1 is 1.26 bits per heavy atom. The molecule has 1 atom stereocenters. The van der Waals surface area contributed by atoms with Gasteiger partial charge in [0.25, 0.3) is 0 Å². The van der Waals surface area contributed by atoms with Crippen LogP contribution in [0, 0.1) is 6.92 Å². The summed E-state index contributed by atoms with van der Waals surface area (Å²) in [5.74, 6) is 0.731. The fourth-order valence-corrected chi connectivity index (χ4v) is 3.93. The summed E-state index contributed by atoms with van der Waals surface area (Å²) in [6.45, 7) is 6.64. The summed E-state index contributed by atoms with van der Waals surface area (Å²) in [6, 6.07) is 5.48. The normalized spacial score (nSPS) is 18.7. The fraction of sp³-hybridized carbons (Fsp3) is 0.350. The van der Waals surface area contributed by atoms with E-state index in [1.165, 1.54) is 0 Å². The lowest BCUT2D eigenvalue weighted by Crippen LogP contribution is -2.23. The van der Waals surface area contributed by atoms with Gasteiger partial charge in [-0.15, -0.1) is 10.2 Å². The number of benzene rings is 1. The lowest BCUT2D eigenvalue weighted by molar-refractivity contribution is 0.0363. The van der Waals surface area contributed by atoms with Crippen molar-refractivity contribution in [3.8, 4) is 17.0 Å². The molecule has 7 heteroatoms. The number of aromatic hydroxyl groups is 1. The number of fused-ring (bicyclic) bond motifs is 1. The van der Waals surface area contributed by atoms with E-state index in [0.29, 0.717) is 28.7 Å². The van der Waals surface area contributed by atoms with Gasteiger partial charge in [0.05, 0.1) is 28.8 Å². The summed E-state index contributed by atoms with van der Waals surface area (Å²) >= 11 is 6.40. The first kappa shape index (κ1) is 17.9. The molecule has 0 unspecified atom stereocenters. The van der Waals surface area contributed by atoms with Crippen LogP contribution in [0.1, 0.15) is 25.8 Å². The highest BCUT2D eigenvalue weighted by Gasteiger charge is 2.32. The molecule has 0 aliphatic carbocycles. The van der Waals surface area contributed by atoms with Gasteiger partial charge in [-0.2, -0.15) is 0 Å². The van der Waals surface area contributed by atoms with Crippen molar-refractivity contribution in [1.82, 2.24) is 15.2 Å². The summed E-state index contributed by atoms with van der Waals surface area (Å²) < 4.78 is 5.80. The third-order valence-electron chi connectivity index (χ3n) is 4.79. The minimum Gasteiger partial charge on any atom is -0.507 e. The Hall–Kier alpha value is -2.44. The van der Waals surface area contributed by atoms with Gasteiger partial charge in [0.1, 0.15) is 11.4 Å². The van der Waals surface area contributed by atoms with E-state index in [4.69, 9.17) is 16.3 Å². The Morgan fingerprint density at radius 2 is 2.07 bits per heavy atom. The van der Waals surface area contributed by atoms with Crippen molar-refractivity contribution >= 4 is 28.2 Å². The highest BCUT2D eigenvalue weighted by molar-refractivity contribution is 6.34. The third kappa shape index (κ3) is 3.42. The lowest BCUT2D eigenvalue weighted by Gasteiger charge is -2.17. The van der Waals surface area contributed by atoms with Gasteiger partial charge >= 0.3 is 0 Å². The van der Waals surface area contributed by atoms with Crippen LogP contribution in [-0.2, 0) is 4.74 Å². The van der Waals surface area contributed by atoms with Gasteiger partial charge in [0.15, 0.2) is 5.82 Å². The van der Waals surface area contributed by atoms with Crippen LogP contribution < -0.4 is 5.32 Å². The Labute approximate surface area is 162 Å². The van der Waals surface area contributed by atoms with E-state index in [9.17, 15) is 5.11 Å². The van der Waals surface area contributed by atoms with E-state index < -0.39 is 0 Å². The average Bonchev–Trinajstić information content (AvgIpc) is 2.94. The molecule has 1 aliphatic rings. The van der Waals surface area contributed by atoms with Crippen LogP contribution in [-0.4, -0.2) is 38.5 Å². The molecule has 140 valence electrons. The van der Waals surface area contributed by atoms with Gasteiger partial charge in [-0.05, 0) is 51.0 Å². The van der Waals surface area contributed by atoms with E-state index in [2.05, 4.69) is 34.3 Å². The maximum atomic E-state index is 10.4. The van der Waals surface area contributed by atoms with E-state index in [0.717, 1.165) is 22.8 Å². The number of nitrogens with one attached hydrogen (secondary N) is 1. The average molecular weight is 385 g/mol. The van der Waals surface area contributed by atoms with Crippen LogP contribution in [0.2, 0.25) is 5.02 Å². The molecule has 2 N–H and O–H groups in total. The van der Waals surface area contributed by atoms with Crippen molar-refractivity contribution in [3.05, 3.63) is 41.2 Å². The topological polar surface area (TPSA) is 80.2 Å². The molecule has 27 heavy (non-hydrogen) atoms. The minimum absolute atomic E-state index is 0.0825. The van der Waals surface area contributed by atoms with Crippen LogP contribution >= 0.6 is 11.6 Å². The van der Waals surface area contributed by atoms with Crippen LogP contribution in [0.15, 0.2) is 30.6 Å². The SMILES string of the molecule is Cc1cc(O)c(-c2nnc(N[C@H]3COC(C)(C)C3)c3cnccc23)c(Cl)c1. The number of halogens is 1. The summed E-state index contributed by atoms with van der Waals surface area (Å²) in [6.07, 6.45) is 4.32. The molecule has 4 rings (SSSR count). The number of phenolic OH excluding ortho intramolecular Hbond substituents is 1. The molecule has 3 heterocycles. The number of nitrogens with zero attached hydrogens (tertiary/aromatic N) is 3. The van der Waals surface area contributed by atoms with Gasteiger partial charge in [-0.1, -0.05) is 11.6 Å². The van der Waals surface area contributed by atoms with Gasteiger partial charge in [0, 0.05) is 23.2 Å². The number of anilines is 1. The van der Waals surface area contributed by atoms with Crippen LogP contribution in [0.4, 0.5) is 5.82 Å². The number of ether oxygens (including phenoxy) is 1. The van der Waals surface area contributed by atoms with E-state index >= 15 is 0 Å². The van der Waals surface area contributed by atoms with Crippen molar-refractivity contribution < 1.29 is 9.84 Å². The first-order chi connectivity index (χ1) is 12.8. The van der Waals surface area contributed by atoms with Gasteiger partial charge in [-0.25, -0.2) is 0 Å². The van der Waals surface area contributed by atoms with Crippen molar-refractivity contribution in [1.29, 1.82) is 0 Å². The first-order valence-corrected chi connectivity index (χ1v) is 9.22. The molecule has 0 radical (unpaired) electrons. The molecule has 1 saturated heterocycles. The van der Waals surface area contributed by atoms with E-state index in [-0.39, 0.29) is 17.4 Å². The number of aryl methyl sites for hydroxylation is 1. The zero-order chi connectivity index (χ0) is 19.2. The molecule has 6 nitrogen and oxygen atoms in total. The third-order valence-corrected chi connectivity index (χ3v) is 5.08. The number of aromatic nitrogens is 3. The smallest absolute Gasteiger partial charge is 0.158 e. The Kier molecular flexibility index (Phi) is 4.40. The molecule has 3 aromatic rings. The Morgan fingerprint density at radius 3 is 2.78 bits per heavy atom. The minimum atomic E-state index is -0.152. The van der Waals surface area contributed by atoms with E-state index in [1.54, 1.807) is 24.5 Å². The highest BCUT2D eigenvalue weighted by atomic mass is 35.5. The number of hydrogen-bond acceptors (Lipinski definition) is 6. The van der Waals surface area contributed by atoms with E-state index in [1.807, 2.05) is 13.0 Å². The quantitative estimate of drug-likeness (QED) is 0.699. The molecule has 0 spiro atoms. The second-order valence-corrected chi connectivity index (χ2v) is 7.98. The number of hydrogen-bond donors (Lipinski definition) is 2. The summed E-state index contributed by atoms with van der Waals surface area (Å²) in [7, 11) is 0. The molecule has 0 bridgehead atoms. The molecule has 1 aliphatic heterocycles. The van der Waals surface area contributed by atoms with Crippen molar-refractivity contribution in [3.63, 3.8) is 0 Å². The summed E-state index contributed by atoms with van der Waals surface area (Å²) in [5, 5.41) is 24.7. The Balaban J connectivity index is 1.80. The molecular weight excluding hydrogens is 364 g/mol. The summed E-state index contributed by atoms with van der Waals surface area (Å²) in [5.41, 5.74) is 1.73. The zero-order valence-corrected chi connectivity index (χ0v) is 16.2. The van der Waals surface area contributed by atoms with Crippen LogP contribution in [0.5, 0.6) is 5.75 Å². The van der Waals surface area contributed by atoms with Crippen molar-refractivity contribution in [2.24, 2.45) is 0 Å². The summed E-state index contributed by atoms with van der Waals surface area (Å²) in [4.78, 5) is 4.24. The van der Waals surface area contributed by atoms with Gasteiger partial charge in [-0.3, -0.25) is 4.98 Å². The Bertz CT molecular complexity index is 999. The monoisotopic (exact) mass is 384 g/mol. The first-order valence-electron chi connectivity index (χ1n) is 8.84. The molecule has 2 aromatic heterocycles. The van der Waals surface area contributed by atoms with Gasteiger partial charge in [0.2, 0.25) is 0 Å². The molecule has 0 amide bonds. The predicted molar refractivity (Wildman–Crippen MR) is 106 cm³/mol. The lowest BCUT2D eigenvalue weighted by atomic mass is 10.0. The zero-order valence-electron chi connectivity index (χ0n) is 15.5. The molecule has 0 saturated carbocycles. The van der Waals surface area contributed by atoms with Crippen LogP contribution in [0.25, 0.3) is 22.0 Å². The number of phenols is 1. The molecule has 1 aromatic carbocycles. The van der Waals surface area contributed by atoms with Crippen LogP contribution in [0.3, 0.4) is 0 Å². The maximum absolute atomic E-state index is 10.4. The fourth-order valence-electron chi connectivity index (χ4n) is 3.57. The largest absolute Gasteiger partial charge is 0.507 e. The predicted octanol–water partition coefficient (Wildman–Crippen LogP) is 4.34.